The molecule has 0 aliphatic rings. The van der Waals surface area contributed by atoms with Crippen LogP contribution >= 0.6 is 11.4 Å². The Morgan fingerprint density at radius 1 is 0.741 bits per heavy atom. The summed E-state index contributed by atoms with van der Waals surface area (Å²) in [6.45, 7) is 2.45. The number of halogens is 5. The van der Waals surface area contributed by atoms with Crippen LogP contribution in [-0.2, 0) is 15.4 Å². The molecule has 6 heterocycles. The van der Waals surface area contributed by atoms with Gasteiger partial charge in [0.05, 0.1) is 47.6 Å². The van der Waals surface area contributed by atoms with Crippen LogP contribution < -0.4 is 0 Å². The number of carbonyl (C=O) groups is 1. The van der Waals surface area contributed by atoms with E-state index in [1.807, 2.05) is 30.5 Å². The lowest BCUT2D eigenvalue weighted by atomic mass is 10.1. The van der Waals surface area contributed by atoms with Gasteiger partial charge in [-0.05, 0) is 48.5 Å². The number of ether oxygens (including phenoxy) is 2. The topological polar surface area (TPSA) is 126 Å². The number of methoxy groups -OCH3 is 2. The van der Waals surface area contributed by atoms with Gasteiger partial charge in [-0.3, -0.25) is 14.8 Å². The molecule has 0 aliphatic heterocycles. The molecule has 0 saturated carbocycles. The quantitative estimate of drug-likeness (QED) is 0.0845. The predicted molar refractivity (Wildman–Crippen MR) is 195 cm³/mol. The van der Waals surface area contributed by atoms with Crippen molar-refractivity contribution >= 4 is 17.2 Å². The minimum Gasteiger partial charge on any atom is -0.378 e. The summed E-state index contributed by atoms with van der Waals surface area (Å²) in [5.41, 5.74) is 4.28. The van der Waals surface area contributed by atoms with Gasteiger partial charge in [0.1, 0.15) is 24.6 Å². The zero-order valence-corrected chi connectivity index (χ0v) is 30.6. The molecule has 0 amide bonds. The third-order valence-corrected chi connectivity index (χ3v) is 8.44. The molecule has 6 rings (SSSR count). The molecule has 0 N–H and O–H groups in total. The van der Waals surface area contributed by atoms with Gasteiger partial charge in [-0.15, -0.1) is 11.7 Å². The molecule has 54 heavy (non-hydrogen) atoms. The van der Waals surface area contributed by atoms with Crippen LogP contribution in [0.2, 0.25) is 0 Å². The van der Waals surface area contributed by atoms with Crippen LogP contribution in [0.3, 0.4) is 0 Å². The number of Topliss-reactive ketones (excluding diaryl/α,β-unsaturated/α-hetero) is 1. The van der Waals surface area contributed by atoms with Crippen molar-refractivity contribution < 1.29 is 34.7 Å². The van der Waals surface area contributed by atoms with Gasteiger partial charge in [0.15, 0.2) is 0 Å². The lowest BCUT2D eigenvalue weighted by Crippen LogP contribution is -2.21. The van der Waals surface area contributed by atoms with Crippen molar-refractivity contribution in [3.63, 3.8) is 0 Å². The molecular weight excluding hydrogens is 734 g/mol. The molecule has 286 valence electrons. The fraction of sp³-hybridized carbons (Fsp3) is 0.250. The SMILES string of the molecule is CCN(CC)S(F)(F)F.COCC(=O)c1cccc(-c2cnn(-c3cccnc3)c2)n1.COCC(F)(F)c1cccc(-c2cnn(-c3cccnc3)c2)n1. The number of alkyl halides is 2. The Morgan fingerprint density at radius 3 is 1.72 bits per heavy atom. The molecule has 12 nitrogen and oxygen atoms in total. The molecular formula is C36H38F5N9O3S. The molecule has 6 aromatic rings. The van der Waals surface area contributed by atoms with Gasteiger partial charge >= 0.3 is 5.92 Å². The smallest absolute Gasteiger partial charge is 0.312 e. The Bertz CT molecular complexity index is 2040. The van der Waals surface area contributed by atoms with Crippen LogP contribution in [0.5, 0.6) is 0 Å². The van der Waals surface area contributed by atoms with Gasteiger partial charge in [0.25, 0.3) is 11.4 Å². The summed E-state index contributed by atoms with van der Waals surface area (Å²) in [6.07, 6.45) is 13.6. The fourth-order valence-corrected chi connectivity index (χ4v) is 5.28. The maximum Gasteiger partial charge on any atom is 0.312 e. The third-order valence-electron chi connectivity index (χ3n) is 7.34. The second-order valence-corrected chi connectivity index (χ2v) is 12.4. The molecule has 0 aliphatic carbocycles. The van der Waals surface area contributed by atoms with E-state index in [-0.39, 0.29) is 31.2 Å². The van der Waals surface area contributed by atoms with Gasteiger partial charge in [-0.1, -0.05) is 26.0 Å². The Balaban J connectivity index is 0.000000198. The Labute approximate surface area is 311 Å². The first-order valence-electron chi connectivity index (χ1n) is 16.3. The van der Waals surface area contributed by atoms with Gasteiger partial charge in [0.2, 0.25) is 5.78 Å². The highest BCUT2D eigenvalue weighted by Crippen LogP contribution is 2.56. The number of nitrogens with zero attached hydrogens (tertiary/aromatic N) is 9. The van der Waals surface area contributed by atoms with Crippen molar-refractivity contribution in [3.05, 3.63) is 122 Å². The zero-order valence-electron chi connectivity index (χ0n) is 29.8. The van der Waals surface area contributed by atoms with Gasteiger partial charge in [-0.2, -0.15) is 23.3 Å². The highest BCUT2D eigenvalue weighted by atomic mass is 32.3. The first kappa shape index (κ1) is 41.3. The maximum absolute atomic E-state index is 13.9. The van der Waals surface area contributed by atoms with Crippen molar-refractivity contribution in [1.29, 1.82) is 0 Å². The van der Waals surface area contributed by atoms with E-state index in [1.165, 1.54) is 34.1 Å². The number of ketones is 1. The van der Waals surface area contributed by atoms with Crippen molar-refractivity contribution in [3.8, 4) is 33.9 Å². The fourth-order valence-electron chi connectivity index (χ4n) is 4.70. The minimum atomic E-state index is -4.93. The lowest BCUT2D eigenvalue weighted by Gasteiger charge is -2.23. The van der Waals surface area contributed by atoms with Crippen molar-refractivity contribution in [2.45, 2.75) is 19.8 Å². The Hall–Kier alpha value is -5.43. The largest absolute Gasteiger partial charge is 0.378 e. The zero-order chi connectivity index (χ0) is 39.1. The number of rotatable bonds is 13. The molecule has 18 heteroatoms. The molecule has 0 radical (unpaired) electrons. The summed E-state index contributed by atoms with van der Waals surface area (Å²) < 4.78 is 76.3. The third kappa shape index (κ3) is 11.5. The number of pyridine rings is 4. The summed E-state index contributed by atoms with van der Waals surface area (Å²) in [5.74, 6) is -3.28. The van der Waals surface area contributed by atoms with E-state index in [9.17, 15) is 25.2 Å². The van der Waals surface area contributed by atoms with Crippen LogP contribution in [0, 0.1) is 0 Å². The molecule has 0 atom stereocenters. The Kier molecular flexibility index (Phi) is 15.0. The first-order valence-corrected chi connectivity index (χ1v) is 17.6. The number of hydrogen-bond acceptors (Lipinski definition) is 10. The Morgan fingerprint density at radius 2 is 1.28 bits per heavy atom. The van der Waals surface area contributed by atoms with Gasteiger partial charge < -0.3 is 9.47 Å². The average Bonchev–Trinajstić information content (AvgIpc) is 3.88. The van der Waals surface area contributed by atoms with Crippen molar-refractivity contribution in [2.75, 3.05) is 40.5 Å². The predicted octanol–water partition coefficient (Wildman–Crippen LogP) is 7.93. The number of aromatic nitrogens is 8. The summed E-state index contributed by atoms with van der Waals surface area (Å²) in [6, 6.07) is 17.2. The van der Waals surface area contributed by atoms with E-state index < -0.39 is 23.9 Å². The molecule has 0 saturated heterocycles. The van der Waals surface area contributed by atoms with Crippen LogP contribution in [-0.4, -0.2) is 90.1 Å². The van der Waals surface area contributed by atoms with Crippen molar-refractivity contribution in [2.24, 2.45) is 0 Å². The molecule has 0 unspecified atom stereocenters. The van der Waals surface area contributed by atoms with E-state index in [4.69, 9.17) is 4.74 Å². The molecule has 6 aromatic heterocycles. The van der Waals surface area contributed by atoms with Gasteiger partial charge in [-0.25, -0.2) is 19.3 Å². The number of carbonyl (C=O) groups excluding carboxylic acids is 1. The summed E-state index contributed by atoms with van der Waals surface area (Å²) in [5, 5.41) is 8.52. The minimum absolute atomic E-state index is 0.0192. The highest BCUT2D eigenvalue weighted by Gasteiger charge is 2.33. The molecule has 0 spiro atoms. The van der Waals surface area contributed by atoms with Crippen LogP contribution in [0.15, 0.2) is 110 Å². The van der Waals surface area contributed by atoms with E-state index in [1.54, 1.807) is 83.1 Å². The normalized spacial score (nSPS) is 11.7. The van der Waals surface area contributed by atoms with E-state index in [2.05, 4.69) is 34.9 Å². The summed E-state index contributed by atoms with van der Waals surface area (Å²) in [4.78, 5) is 28.3. The molecule has 0 bridgehead atoms. The second kappa shape index (κ2) is 19.6. The highest BCUT2D eigenvalue weighted by molar-refractivity contribution is 8.18. The summed E-state index contributed by atoms with van der Waals surface area (Å²) in [7, 11) is 2.72. The number of hydrogen-bond donors (Lipinski definition) is 0. The van der Waals surface area contributed by atoms with Crippen LogP contribution in [0.25, 0.3) is 33.9 Å². The average molecular weight is 772 g/mol. The van der Waals surface area contributed by atoms with Crippen LogP contribution in [0.1, 0.15) is 30.0 Å². The van der Waals surface area contributed by atoms with E-state index in [0.29, 0.717) is 27.0 Å². The van der Waals surface area contributed by atoms with E-state index in [0.717, 1.165) is 16.9 Å². The monoisotopic (exact) mass is 771 g/mol. The maximum atomic E-state index is 13.9. The molecule has 0 fully saturated rings. The second-order valence-electron chi connectivity index (χ2n) is 11.1. The van der Waals surface area contributed by atoms with E-state index >= 15 is 0 Å². The van der Waals surface area contributed by atoms with Gasteiger partial charge in [0, 0.05) is 63.2 Å². The first-order chi connectivity index (χ1) is 25.9. The lowest BCUT2D eigenvalue weighted by molar-refractivity contribution is -0.0730. The standard InChI is InChI=1S/C16H14F2N4O.C16H14N4O2.C4H10F3NS/c1-23-11-16(17,18)15-6-2-5-14(21-15)12-8-20-22(10-12)13-4-3-7-19-9-13;1-22-11-16(21)15-6-2-5-14(19-15)12-8-18-20(10-12)13-4-3-7-17-9-13;1-3-8(4-2)9(5,6)7/h2-10H,11H2,1H3;2-10H,11H2,1H3;3-4H2,1-2H3. The summed E-state index contributed by atoms with van der Waals surface area (Å²) >= 11 is -4.93. The molecule has 0 aromatic carbocycles. The van der Waals surface area contributed by atoms with Crippen LogP contribution in [0.4, 0.5) is 20.4 Å². The van der Waals surface area contributed by atoms with Crippen molar-refractivity contribution in [1.82, 2.24) is 43.8 Å².